The Balaban J connectivity index is 2.08. The first-order valence-electron chi connectivity index (χ1n) is 13.1. The maximum atomic E-state index is 14.7. The molecule has 40 heavy (non-hydrogen) atoms. The number of halogens is 1. The lowest BCUT2D eigenvalue weighted by atomic mass is 10.1. The second kappa shape index (κ2) is 12.2. The normalized spacial score (nSPS) is 12.5. The summed E-state index contributed by atoms with van der Waals surface area (Å²) in [5.74, 6) is -1.60. The highest BCUT2D eigenvalue weighted by molar-refractivity contribution is 7.92. The molecule has 0 saturated carbocycles. The molecule has 3 aromatic carbocycles. The molecule has 0 spiro atoms. The summed E-state index contributed by atoms with van der Waals surface area (Å²) < 4.78 is 43.5. The van der Waals surface area contributed by atoms with Gasteiger partial charge in [0.25, 0.3) is 10.0 Å². The summed E-state index contributed by atoms with van der Waals surface area (Å²) in [6, 6.07) is 16.5. The number of nitrogens with zero attached hydrogens (tertiary/aromatic N) is 2. The minimum Gasteiger partial charge on any atom is -0.350 e. The van der Waals surface area contributed by atoms with Gasteiger partial charge >= 0.3 is 0 Å². The van der Waals surface area contributed by atoms with Gasteiger partial charge in [-0.2, -0.15) is 0 Å². The zero-order valence-electron chi connectivity index (χ0n) is 24.2. The maximum Gasteiger partial charge on any atom is 0.264 e. The number of carbonyl (C=O) groups is 2. The first-order chi connectivity index (χ1) is 18.6. The van der Waals surface area contributed by atoms with Crippen LogP contribution in [0.4, 0.5) is 10.1 Å². The summed E-state index contributed by atoms with van der Waals surface area (Å²) in [5.41, 5.74) is 2.67. The van der Waals surface area contributed by atoms with Crippen LogP contribution >= 0.6 is 0 Å². The van der Waals surface area contributed by atoms with Crippen molar-refractivity contribution in [1.29, 1.82) is 0 Å². The minimum absolute atomic E-state index is 0.0308. The highest BCUT2D eigenvalue weighted by Gasteiger charge is 2.33. The van der Waals surface area contributed by atoms with Crippen LogP contribution in [0.1, 0.15) is 49.9 Å². The lowest BCUT2D eigenvalue weighted by Gasteiger charge is -2.33. The average Bonchev–Trinajstić information content (AvgIpc) is 2.87. The topological polar surface area (TPSA) is 86.8 Å². The number of aryl methyl sites for hydroxylation is 3. The van der Waals surface area contributed by atoms with E-state index in [4.69, 9.17) is 0 Å². The largest absolute Gasteiger partial charge is 0.350 e. The van der Waals surface area contributed by atoms with Crippen molar-refractivity contribution in [3.63, 3.8) is 0 Å². The van der Waals surface area contributed by atoms with Gasteiger partial charge in [0.2, 0.25) is 11.8 Å². The quantitative estimate of drug-likeness (QED) is 0.381. The molecule has 0 aliphatic rings. The van der Waals surface area contributed by atoms with Crippen LogP contribution in [0.5, 0.6) is 0 Å². The second-order valence-electron chi connectivity index (χ2n) is 11.1. The molecule has 3 aromatic rings. The number of hydrogen-bond acceptors (Lipinski definition) is 4. The van der Waals surface area contributed by atoms with Gasteiger partial charge in [0.1, 0.15) is 18.4 Å². The molecule has 2 amide bonds. The Kier molecular flexibility index (Phi) is 9.40. The molecule has 0 aliphatic heterocycles. The van der Waals surface area contributed by atoms with Gasteiger partial charge in [0.05, 0.1) is 10.6 Å². The molecule has 214 valence electrons. The van der Waals surface area contributed by atoms with E-state index < -0.39 is 45.8 Å². The standard InChI is InChI=1S/C31H38FN3O4S/c1-21-12-16-27(17-13-21)40(38,39)35(26-15-14-22(2)23(3)18-26)20-29(36)34(19-25-10-8-9-11-28(25)32)24(4)30(37)33-31(5,6)7/h8-18,24H,19-20H2,1-7H3,(H,33,37). The van der Waals surface area contributed by atoms with Crippen molar-refractivity contribution in [2.75, 3.05) is 10.8 Å². The number of benzene rings is 3. The highest BCUT2D eigenvalue weighted by Crippen LogP contribution is 2.27. The number of hydrogen-bond donors (Lipinski definition) is 1. The number of nitrogens with one attached hydrogen (secondary N) is 1. The molecule has 0 saturated heterocycles. The van der Waals surface area contributed by atoms with E-state index in [1.165, 1.54) is 35.2 Å². The van der Waals surface area contributed by atoms with Crippen molar-refractivity contribution in [3.8, 4) is 0 Å². The average molecular weight is 568 g/mol. The first kappa shape index (κ1) is 30.8. The van der Waals surface area contributed by atoms with Gasteiger partial charge in [-0.15, -0.1) is 0 Å². The fourth-order valence-corrected chi connectivity index (χ4v) is 5.52. The monoisotopic (exact) mass is 567 g/mol. The van der Waals surface area contributed by atoms with Gasteiger partial charge < -0.3 is 10.2 Å². The molecular weight excluding hydrogens is 529 g/mol. The summed E-state index contributed by atoms with van der Waals surface area (Å²) >= 11 is 0. The Morgan fingerprint density at radius 3 is 2.12 bits per heavy atom. The third-order valence-corrected chi connectivity index (χ3v) is 8.42. The van der Waals surface area contributed by atoms with Crippen molar-refractivity contribution in [2.45, 2.75) is 71.5 Å². The fourth-order valence-electron chi connectivity index (χ4n) is 4.11. The molecule has 0 fully saturated rings. The number of amides is 2. The summed E-state index contributed by atoms with van der Waals surface area (Å²) in [5, 5.41) is 2.86. The van der Waals surface area contributed by atoms with E-state index in [1.54, 1.807) is 43.3 Å². The molecule has 1 unspecified atom stereocenters. The number of rotatable bonds is 9. The van der Waals surface area contributed by atoms with E-state index in [1.807, 2.05) is 41.5 Å². The van der Waals surface area contributed by atoms with Gasteiger partial charge in [0, 0.05) is 17.6 Å². The molecule has 0 bridgehead atoms. The zero-order chi connectivity index (χ0) is 29.8. The molecule has 1 atom stereocenters. The van der Waals surface area contributed by atoms with Crippen LogP contribution in [0.15, 0.2) is 71.6 Å². The molecule has 0 aromatic heterocycles. The maximum absolute atomic E-state index is 14.7. The third kappa shape index (κ3) is 7.47. The van der Waals surface area contributed by atoms with E-state index in [0.717, 1.165) is 21.0 Å². The molecule has 1 N–H and O–H groups in total. The number of sulfonamides is 1. The lowest BCUT2D eigenvalue weighted by molar-refractivity contribution is -0.140. The van der Waals surface area contributed by atoms with E-state index in [2.05, 4.69) is 5.32 Å². The van der Waals surface area contributed by atoms with Crippen LogP contribution in [-0.4, -0.2) is 43.3 Å². The third-order valence-electron chi connectivity index (χ3n) is 6.63. The van der Waals surface area contributed by atoms with Crippen LogP contribution in [0.25, 0.3) is 0 Å². The number of anilines is 1. The molecule has 7 nitrogen and oxygen atoms in total. The Morgan fingerprint density at radius 2 is 1.55 bits per heavy atom. The van der Waals surface area contributed by atoms with Gasteiger partial charge in [-0.05, 0) is 89.9 Å². The van der Waals surface area contributed by atoms with E-state index >= 15 is 0 Å². The van der Waals surface area contributed by atoms with Crippen molar-refractivity contribution in [2.24, 2.45) is 0 Å². The van der Waals surface area contributed by atoms with Crippen molar-refractivity contribution < 1.29 is 22.4 Å². The summed E-state index contributed by atoms with van der Waals surface area (Å²) in [4.78, 5) is 28.3. The Bertz CT molecular complexity index is 1480. The molecule has 0 aliphatic carbocycles. The van der Waals surface area contributed by atoms with Crippen LogP contribution in [0, 0.1) is 26.6 Å². The van der Waals surface area contributed by atoms with Crippen molar-refractivity contribution >= 4 is 27.5 Å². The van der Waals surface area contributed by atoms with Gasteiger partial charge in [-0.3, -0.25) is 13.9 Å². The number of carbonyl (C=O) groups excluding carboxylic acids is 2. The SMILES string of the molecule is Cc1ccc(S(=O)(=O)N(CC(=O)N(Cc2ccccc2F)C(C)C(=O)NC(C)(C)C)c2ccc(C)c(C)c2)cc1. The predicted octanol–water partition coefficient (Wildman–Crippen LogP) is 5.28. The smallest absolute Gasteiger partial charge is 0.264 e. The summed E-state index contributed by atoms with van der Waals surface area (Å²) in [6.07, 6.45) is 0. The van der Waals surface area contributed by atoms with Crippen LogP contribution in [0.2, 0.25) is 0 Å². The Hall–Kier alpha value is -3.72. The van der Waals surface area contributed by atoms with Crippen LogP contribution < -0.4 is 9.62 Å². The van der Waals surface area contributed by atoms with Crippen LogP contribution in [-0.2, 0) is 26.2 Å². The summed E-state index contributed by atoms with van der Waals surface area (Å²) in [7, 11) is -4.17. The van der Waals surface area contributed by atoms with Crippen molar-refractivity contribution in [1.82, 2.24) is 10.2 Å². The highest BCUT2D eigenvalue weighted by atomic mass is 32.2. The zero-order valence-corrected chi connectivity index (χ0v) is 25.0. The molecular formula is C31H38FN3O4S. The fraction of sp³-hybridized carbons (Fsp3) is 0.355. The predicted molar refractivity (Wildman–Crippen MR) is 156 cm³/mol. The lowest BCUT2D eigenvalue weighted by Crippen LogP contribution is -2.54. The molecule has 3 rings (SSSR count). The Morgan fingerprint density at radius 1 is 0.925 bits per heavy atom. The van der Waals surface area contributed by atoms with E-state index in [-0.39, 0.29) is 17.0 Å². The van der Waals surface area contributed by atoms with E-state index in [9.17, 15) is 22.4 Å². The minimum atomic E-state index is -4.17. The Labute approximate surface area is 237 Å². The van der Waals surface area contributed by atoms with Crippen LogP contribution in [0.3, 0.4) is 0 Å². The summed E-state index contributed by atoms with van der Waals surface area (Å²) in [6.45, 7) is 11.8. The van der Waals surface area contributed by atoms with Gasteiger partial charge in [0.15, 0.2) is 0 Å². The van der Waals surface area contributed by atoms with Gasteiger partial charge in [-0.1, -0.05) is 42.0 Å². The second-order valence-corrected chi connectivity index (χ2v) is 13.0. The van der Waals surface area contributed by atoms with Gasteiger partial charge in [-0.25, -0.2) is 12.8 Å². The first-order valence-corrected chi connectivity index (χ1v) is 14.6. The van der Waals surface area contributed by atoms with Crippen molar-refractivity contribution in [3.05, 3.63) is 94.8 Å². The van der Waals surface area contributed by atoms with E-state index in [0.29, 0.717) is 5.69 Å². The molecule has 0 heterocycles. The molecule has 9 heteroatoms. The molecule has 0 radical (unpaired) electrons.